The Labute approximate surface area is 129 Å². The summed E-state index contributed by atoms with van der Waals surface area (Å²) >= 11 is 1.76. The number of hydrazine groups is 1. The molecule has 3 nitrogen and oxygen atoms in total. The first-order valence-electron chi connectivity index (χ1n) is 6.90. The second kappa shape index (κ2) is 5.85. The van der Waals surface area contributed by atoms with Gasteiger partial charge in [-0.1, -0.05) is 30.3 Å². The van der Waals surface area contributed by atoms with Crippen LogP contribution in [0.4, 0.5) is 5.69 Å². The van der Waals surface area contributed by atoms with Gasteiger partial charge in [0.1, 0.15) is 0 Å². The van der Waals surface area contributed by atoms with Gasteiger partial charge < -0.3 is 4.90 Å². The van der Waals surface area contributed by atoms with Crippen LogP contribution in [-0.4, -0.2) is 14.1 Å². The number of rotatable bonds is 4. The average Bonchev–Trinajstić information content (AvgIpc) is 2.98. The minimum absolute atomic E-state index is 0.00330. The number of nitrogens with zero attached hydrogens (tertiary/aromatic N) is 1. The van der Waals surface area contributed by atoms with Gasteiger partial charge in [-0.25, -0.2) is 5.43 Å². The molecule has 0 aliphatic carbocycles. The second-order valence-corrected chi connectivity index (χ2v) is 6.19. The third kappa shape index (κ3) is 2.65. The lowest BCUT2D eigenvalue weighted by atomic mass is 9.98. The van der Waals surface area contributed by atoms with Crippen molar-refractivity contribution in [1.82, 2.24) is 5.43 Å². The van der Waals surface area contributed by atoms with Crippen molar-refractivity contribution in [3.05, 3.63) is 65.0 Å². The number of benzene rings is 2. The summed E-state index contributed by atoms with van der Waals surface area (Å²) in [6, 6.07) is 17.0. The fourth-order valence-electron chi connectivity index (χ4n) is 2.57. The van der Waals surface area contributed by atoms with E-state index in [1.807, 2.05) is 14.1 Å². The van der Waals surface area contributed by atoms with Crippen LogP contribution in [0.15, 0.2) is 53.9 Å². The van der Waals surface area contributed by atoms with E-state index in [2.05, 4.69) is 64.2 Å². The van der Waals surface area contributed by atoms with Gasteiger partial charge in [0.05, 0.1) is 6.04 Å². The molecule has 3 aromatic rings. The highest BCUT2D eigenvalue weighted by atomic mass is 32.1. The normalized spacial score (nSPS) is 12.5. The minimum atomic E-state index is 0.00330. The van der Waals surface area contributed by atoms with Crippen LogP contribution < -0.4 is 16.2 Å². The van der Waals surface area contributed by atoms with Crippen molar-refractivity contribution >= 4 is 27.1 Å². The summed E-state index contributed by atoms with van der Waals surface area (Å²) in [7, 11) is 4.08. The van der Waals surface area contributed by atoms with Crippen LogP contribution in [0.5, 0.6) is 0 Å². The van der Waals surface area contributed by atoms with Crippen molar-refractivity contribution in [2.24, 2.45) is 5.84 Å². The van der Waals surface area contributed by atoms with E-state index in [4.69, 9.17) is 5.84 Å². The van der Waals surface area contributed by atoms with Crippen LogP contribution >= 0.6 is 11.3 Å². The van der Waals surface area contributed by atoms with Gasteiger partial charge in [-0.05, 0) is 40.1 Å². The van der Waals surface area contributed by atoms with Crippen molar-refractivity contribution in [2.45, 2.75) is 6.04 Å². The second-order valence-electron chi connectivity index (χ2n) is 5.27. The lowest BCUT2D eigenvalue weighted by Crippen LogP contribution is -2.28. The summed E-state index contributed by atoms with van der Waals surface area (Å²) in [5.74, 6) is 5.84. The molecule has 0 fully saturated rings. The van der Waals surface area contributed by atoms with E-state index in [1.165, 1.54) is 26.9 Å². The maximum atomic E-state index is 5.84. The van der Waals surface area contributed by atoms with Crippen LogP contribution in [0.1, 0.15) is 17.2 Å². The van der Waals surface area contributed by atoms with Crippen LogP contribution in [0.25, 0.3) is 10.1 Å². The largest absolute Gasteiger partial charge is 0.378 e. The molecule has 0 saturated carbocycles. The summed E-state index contributed by atoms with van der Waals surface area (Å²) in [6.07, 6.45) is 0. The number of fused-ring (bicyclic) bond motifs is 1. The lowest BCUT2D eigenvalue weighted by molar-refractivity contribution is 0.641. The van der Waals surface area contributed by atoms with Crippen molar-refractivity contribution < 1.29 is 0 Å². The molecule has 3 N–H and O–H groups in total. The smallest absolute Gasteiger partial charge is 0.0724 e. The Balaban J connectivity index is 2.03. The predicted molar refractivity (Wildman–Crippen MR) is 91.8 cm³/mol. The molecule has 21 heavy (non-hydrogen) atoms. The number of thiophene rings is 1. The van der Waals surface area contributed by atoms with E-state index in [0.717, 1.165) is 0 Å². The van der Waals surface area contributed by atoms with E-state index in [1.54, 1.807) is 11.3 Å². The van der Waals surface area contributed by atoms with Gasteiger partial charge in [0.15, 0.2) is 0 Å². The molecule has 1 atom stereocenters. The molecule has 0 aliphatic heterocycles. The summed E-state index contributed by atoms with van der Waals surface area (Å²) in [6.45, 7) is 0. The molecule has 1 unspecified atom stereocenters. The molecule has 108 valence electrons. The number of hydrogen-bond acceptors (Lipinski definition) is 4. The van der Waals surface area contributed by atoms with Crippen LogP contribution in [-0.2, 0) is 0 Å². The van der Waals surface area contributed by atoms with Crippen LogP contribution in [0.3, 0.4) is 0 Å². The van der Waals surface area contributed by atoms with E-state index in [9.17, 15) is 0 Å². The first kappa shape index (κ1) is 14.1. The Kier molecular flexibility index (Phi) is 3.92. The molecular weight excluding hydrogens is 278 g/mol. The zero-order chi connectivity index (χ0) is 14.8. The van der Waals surface area contributed by atoms with Gasteiger partial charge >= 0.3 is 0 Å². The monoisotopic (exact) mass is 297 g/mol. The minimum Gasteiger partial charge on any atom is -0.378 e. The van der Waals surface area contributed by atoms with Crippen molar-refractivity contribution in [1.29, 1.82) is 0 Å². The van der Waals surface area contributed by atoms with E-state index in [0.29, 0.717) is 0 Å². The Morgan fingerprint density at radius 2 is 1.81 bits per heavy atom. The molecule has 0 amide bonds. The van der Waals surface area contributed by atoms with E-state index >= 15 is 0 Å². The quantitative estimate of drug-likeness (QED) is 0.572. The van der Waals surface area contributed by atoms with Crippen molar-refractivity contribution in [3.8, 4) is 0 Å². The standard InChI is InChI=1S/C17H19N3S/c1-20(2)14-8-6-12(7-9-14)16(19-18)15-5-3-4-13-10-11-21-17(13)15/h3-11,16,19H,18H2,1-2H3. The van der Waals surface area contributed by atoms with Crippen LogP contribution in [0, 0.1) is 0 Å². The highest BCUT2D eigenvalue weighted by Gasteiger charge is 2.15. The fourth-order valence-corrected chi connectivity index (χ4v) is 3.52. The molecule has 4 heteroatoms. The maximum absolute atomic E-state index is 5.84. The fraction of sp³-hybridized carbons (Fsp3) is 0.176. The third-order valence-electron chi connectivity index (χ3n) is 3.73. The molecule has 3 rings (SSSR count). The first-order chi connectivity index (χ1) is 10.2. The highest BCUT2D eigenvalue weighted by molar-refractivity contribution is 7.17. The molecule has 0 radical (unpaired) electrons. The third-order valence-corrected chi connectivity index (χ3v) is 4.71. The van der Waals surface area contributed by atoms with Crippen molar-refractivity contribution in [2.75, 3.05) is 19.0 Å². The highest BCUT2D eigenvalue weighted by Crippen LogP contribution is 2.32. The number of anilines is 1. The Morgan fingerprint density at radius 3 is 2.48 bits per heavy atom. The molecule has 0 spiro atoms. The van der Waals surface area contributed by atoms with Gasteiger partial charge in [-0.2, -0.15) is 0 Å². The Hall–Kier alpha value is -1.88. The molecule has 2 aromatic carbocycles. The number of nitrogens with two attached hydrogens (primary N) is 1. The van der Waals surface area contributed by atoms with Gasteiger partial charge in [-0.15, -0.1) is 11.3 Å². The molecule has 0 bridgehead atoms. The Bertz CT molecular complexity index is 731. The van der Waals surface area contributed by atoms with Gasteiger partial charge in [-0.3, -0.25) is 5.84 Å². The molecule has 0 saturated heterocycles. The maximum Gasteiger partial charge on any atom is 0.0724 e. The molecular formula is C17H19N3S. The molecule has 0 aliphatic rings. The van der Waals surface area contributed by atoms with Gasteiger partial charge in [0.2, 0.25) is 0 Å². The van der Waals surface area contributed by atoms with E-state index < -0.39 is 0 Å². The summed E-state index contributed by atoms with van der Waals surface area (Å²) in [4.78, 5) is 2.09. The van der Waals surface area contributed by atoms with Gasteiger partial charge in [0, 0.05) is 24.5 Å². The number of nitrogens with one attached hydrogen (secondary N) is 1. The van der Waals surface area contributed by atoms with Crippen LogP contribution in [0.2, 0.25) is 0 Å². The lowest BCUT2D eigenvalue weighted by Gasteiger charge is -2.19. The molecule has 1 aromatic heterocycles. The summed E-state index contributed by atoms with van der Waals surface area (Å²) in [5, 5.41) is 3.39. The van der Waals surface area contributed by atoms with Gasteiger partial charge in [0.25, 0.3) is 0 Å². The zero-order valence-corrected chi connectivity index (χ0v) is 13.0. The number of hydrogen-bond donors (Lipinski definition) is 2. The topological polar surface area (TPSA) is 41.3 Å². The Morgan fingerprint density at radius 1 is 1.05 bits per heavy atom. The predicted octanol–water partition coefficient (Wildman–Crippen LogP) is 3.52. The molecule has 1 heterocycles. The van der Waals surface area contributed by atoms with Crippen molar-refractivity contribution in [3.63, 3.8) is 0 Å². The average molecular weight is 297 g/mol. The zero-order valence-electron chi connectivity index (χ0n) is 12.2. The van der Waals surface area contributed by atoms with E-state index in [-0.39, 0.29) is 6.04 Å². The summed E-state index contributed by atoms with van der Waals surface area (Å²) < 4.78 is 1.29. The first-order valence-corrected chi connectivity index (χ1v) is 7.78. The summed E-state index contributed by atoms with van der Waals surface area (Å²) in [5.41, 5.74) is 6.54. The SMILES string of the molecule is CN(C)c1ccc(C(NN)c2cccc3ccsc23)cc1.